The van der Waals surface area contributed by atoms with E-state index in [4.69, 9.17) is 4.74 Å². The summed E-state index contributed by atoms with van der Waals surface area (Å²) in [6, 6.07) is 0. The van der Waals surface area contributed by atoms with Crippen LogP contribution in [0.25, 0.3) is 0 Å². The molecule has 120 valence electrons. The summed E-state index contributed by atoms with van der Waals surface area (Å²) in [6.07, 6.45) is 3.21. The second-order valence-corrected chi connectivity index (χ2v) is 6.02. The predicted octanol–water partition coefficient (Wildman–Crippen LogP) is 1.83. The number of hydrogen-bond donors (Lipinski definition) is 1. The topological polar surface area (TPSA) is 35.9 Å². The fourth-order valence-corrected chi connectivity index (χ4v) is 3.05. The number of aliphatic hydroxyl groups excluding tert-OH is 1. The highest BCUT2D eigenvalue weighted by Crippen LogP contribution is 2.30. The van der Waals surface area contributed by atoms with E-state index >= 15 is 0 Å². The summed E-state index contributed by atoms with van der Waals surface area (Å²) >= 11 is 0. The van der Waals surface area contributed by atoms with E-state index < -0.39 is 0 Å². The molecule has 0 aromatic heterocycles. The van der Waals surface area contributed by atoms with Crippen molar-refractivity contribution in [2.24, 2.45) is 5.41 Å². The third-order valence-corrected chi connectivity index (χ3v) is 4.74. The molecule has 0 radical (unpaired) electrons. The van der Waals surface area contributed by atoms with E-state index in [1.807, 2.05) is 0 Å². The molecule has 1 rings (SSSR count). The molecule has 0 aromatic carbocycles. The molecule has 0 amide bonds. The van der Waals surface area contributed by atoms with Gasteiger partial charge in [-0.3, -0.25) is 0 Å². The molecule has 4 heteroatoms. The largest absolute Gasteiger partial charge is 0.396 e. The van der Waals surface area contributed by atoms with Crippen LogP contribution in [0.1, 0.15) is 40.0 Å². The van der Waals surface area contributed by atoms with Crippen molar-refractivity contribution >= 4 is 0 Å². The molecule has 0 atom stereocenters. The molecule has 0 unspecified atom stereocenters. The summed E-state index contributed by atoms with van der Waals surface area (Å²) in [6.45, 7) is 15.3. The minimum Gasteiger partial charge on any atom is -0.396 e. The van der Waals surface area contributed by atoms with Crippen molar-refractivity contribution in [3.63, 3.8) is 0 Å². The van der Waals surface area contributed by atoms with Gasteiger partial charge in [-0.1, -0.05) is 20.8 Å². The molecular weight excluding hydrogens is 252 g/mol. The monoisotopic (exact) mass is 286 g/mol. The normalized spacial score (nSPS) is 18.9. The van der Waals surface area contributed by atoms with Gasteiger partial charge in [0.15, 0.2) is 0 Å². The molecule has 4 nitrogen and oxygen atoms in total. The average molecular weight is 286 g/mol. The SMILES string of the molecule is CCN(CC)CCCN(CC)CC1(CO)CCOCC1. The molecule has 1 aliphatic heterocycles. The molecule has 1 aliphatic rings. The third-order valence-electron chi connectivity index (χ3n) is 4.74. The van der Waals surface area contributed by atoms with Crippen LogP contribution in [0.2, 0.25) is 0 Å². The second kappa shape index (κ2) is 9.72. The molecule has 1 fully saturated rings. The highest BCUT2D eigenvalue weighted by molar-refractivity contribution is 4.84. The molecule has 20 heavy (non-hydrogen) atoms. The zero-order chi connectivity index (χ0) is 14.8. The van der Waals surface area contributed by atoms with Crippen LogP contribution < -0.4 is 0 Å². The predicted molar refractivity (Wildman–Crippen MR) is 84.1 cm³/mol. The van der Waals surface area contributed by atoms with Crippen LogP contribution >= 0.6 is 0 Å². The van der Waals surface area contributed by atoms with Gasteiger partial charge in [-0.05, 0) is 52.0 Å². The third kappa shape index (κ3) is 5.68. The lowest BCUT2D eigenvalue weighted by Gasteiger charge is -2.39. The van der Waals surface area contributed by atoms with Gasteiger partial charge in [0.2, 0.25) is 0 Å². The van der Waals surface area contributed by atoms with Crippen LogP contribution in [-0.2, 0) is 4.74 Å². The summed E-state index contributed by atoms with van der Waals surface area (Å²) in [5, 5.41) is 9.79. The Hall–Kier alpha value is -0.160. The van der Waals surface area contributed by atoms with Crippen LogP contribution in [0.4, 0.5) is 0 Å². The van der Waals surface area contributed by atoms with Crippen molar-refractivity contribution in [1.29, 1.82) is 0 Å². The highest BCUT2D eigenvalue weighted by atomic mass is 16.5. The van der Waals surface area contributed by atoms with Crippen molar-refractivity contribution in [1.82, 2.24) is 9.80 Å². The van der Waals surface area contributed by atoms with Crippen molar-refractivity contribution in [3.05, 3.63) is 0 Å². The first-order chi connectivity index (χ1) is 9.69. The lowest BCUT2D eigenvalue weighted by Crippen LogP contribution is -2.44. The zero-order valence-corrected chi connectivity index (χ0v) is 13.7. The lowest BCUT2D eigenvalue weighted by molar-refractivity contribution is -0.0339. The van der Waals surface area contributed by atoms with Crippen molar-refractivity contribution in [2.75, 3.05) is 59.1 Å². The van der Waals surface area contributed by atoms with Gasteiger partial charge in [-0.2, -0.15) is 0 Å². The maximum Gasteiger partial charge on any atom is 0.0501 e. The summed E-state index contributed by atoms with van der Waals surface area (Å²) in [7, 11) is 0. The Morgan fingerprint density at radius 1 is 0.950 bits per heavy atom. The fourth-order valence-electron chi connectivity index (χ4n) is 3.05. The smallest absolute Gasteiger partial charge is 0.0501 e. The highest BCUT2D eigenvalue weighted by Gasteiger charge is 2.33. The van der Waals surface area contributed by atoms with E-state index in [1.165, 1.54) is 13.0 Å². The molecule has 0 bridgehead atoms. The number of hydrogen-bond acceptors (Lipinski definition) is 4. The first-order valence-corrected chi connectivity index (χ1v) is 8.33. The minimum absolute atomic E-state index is 0.0729. The standard InChI is InChI=1S/C16H34N2O2/c1-4-17(5-2)10-7-11-18(6-3)14-16(15-19)8-12-20-13-9-16/h19H,4-15H2,1-3H3. The van der Waals surface area contributed by atoms with E-state index in [0.717, 1.165) is 58.8 Å². The van der Waals surface area contributed by atoms with E-state index in [-0.39, 0.29) is 5.41 Å². The summed E-state index contributed by atoms with van der Waals surface area (Å²) in [5.41, 5.74) is 0.0729. The number of nitrogens with zero attached hydrogens (tertiary/aromatic N) is 2. The summed E-state index contributed by atoms with van der Waals surface area (Å²) in [4.78, 5) is 4.98. The Morgan fingerprint density at radius 3 is 2.00 bits per heavy atom. The first-order valence-electron chi connectivity index (χ1n) is 8.33. The Morgan fingerprint density at radius 2 is 1.50 bits per heavy atom. The summed E-state index contributed by atoms with van der Waals surface area (Å²) < 4.78 is 5.45. The van der Waals surface area contributed by atoms with Crippen LogP contribution in [0, 0.1) is 5.41 Å². The Kier molecular flexibility index (Phi) is 8.69. The van der Waals surface area contributed by atoms with Gasteiger partial charge < -0.3 is 19.6 Å². The lowest BCUT2D eigenvalue weighted by atomic mass is 9.80. The molecule has 1 saturated heterocycles. The maximum atomic E-state index is 9.79. The van der Waals surface area contributed by atoms with E-state index in [0.29, 0.717) is 6.61 Å². The van der Waals surface area contributed by atoms with Gasteiger partial charge in [-0.25, -0.2) is 0 Å². The second-order valence-electron chi connectivity index (χ2n) is 6.02. The summed E-state index contributed by atoms with van der Waals surface area (Å²) in [5.74, 6) is 0. The van der Waals surface area contributed by atoms with E-state index in [9.17, 15) is 5.11 Å². The molecular formula is C16H34N2O2. The number of rotatable bonds is 10. The van der Waals surface area contributed by atoms with Gasteiger partial charge in [0.25, 0.3) is 0 Å². The van der Waals surface area contributed by atoms with Crippen molar-refractivity contribution < 1.29 is 9.84 Å². The first kappa shape index (κ1) is 17.9. The molecule has 1 N–H and O–H groups in total. The maximum absolute atomic E-state index is 9.79. The molecule has 0 aliphatic carbocycles. The fraction of sp³-hybridized carbons (Fsp3) is 1.00. The van der Waals surface area contributed by atoms with Crippen LogP contribution in [0.3, 0.4) is 0 Å². The van der Waals surface area contributed by atoms with Gasteiger partial charge in [0.05, 0.1) is 6.61 Å². The quantitative estimate of drug-likeness (QED) is 0.665. The van der Waals surface area contributed by atoms with E-state index in [1.54, 1.807) is 0 Å². The van der Waals surface area contributed by atoms with Crippen molar-refractivity contribution in [2.45, 2.75) is 40.0 Å². The van der Waals surface area contributed by atoms with Gasteiger partial charge in [0.1, 0.15) is 0 Å². The molecule has 0 aromatic rings. The Labute approximate surface area is 125 Å². The minimum atomic E-state index is 0.0729. The number of ether oxygens (including phenoxy) is 1. The van der Waals surface area contributed by atoms with Crippen LogP contribution in [-0.4, -0.2) is 74.0 Å². The Bertz CT molecular complexity index is 239. The van der Waals surface area contributed by atoms with E-state index in [2.05, 4.69) is 30.6 Å². The van der Waals surface area contributed by atoms with Gasteiger partial charge in [0, 0.05) is 25.2 Å². The van der Waals surface area contributed by atoms with Crippen molar-refractivity contribution in [3.8, 4) is 0 Å². The van der Waals surface area contributed by atoms with Gasteiger partial charge in [-0.15, -0.1) is 0 Å². The van der Waals surface area contributed by atoms with Gasteiger partial charge >= 0.3 is 0 Å². The number of aliphatic hydroxyl groups is 1. The average Bonchev–Trinajstić information content (AvgIpc) is 2.51. The molecule has 0 spiro atoms. The Balaban J connectivity index is 2.37. The molecule has 0 saturated carbocycles. The zero-order valence-electron chi connectivity index (χ0n) is 13.7. The molecule has 1 heterocycles. The van der Waals surface area contributed by atoms with Crippen LogP contribution in [0.15, 0.2) is 0 Å². The van der Waals surface area contributed by atoms with Crippen LogP contribution in [0.5, 0.6) is 0 Å².